The third kappa shape index (κ3) is 2.36. The lowest BCUT2D eigenvalue weighted by Gasteiger charge is -1.96. The van der Waals surface area contributed by atoms with Crippen molar-refractivity contribution >= 4 is 0 Å². The largest absolute Gasteiger partial charge is 0.282 e. The van der Waals surface area contributed by atoms with Crippen LogP contribution in [0.3, 0.4) is 0 Å². The highest BCUT2D eigenvalue weighted by Crippen LogP contribution is 2.12. The number of aromatic amines is 1. The summed E-state index contributed by atoms with van der Waals surface area (Å²) in [6.45, 7) is 6.56. The molecule has 0 aliphatic carbocycles. The summed E-state index contributed by atoms with van der Waals surface area (Å²) in [5.41, 5.74) is 2.46. The summed E-state index contributed by atoms with van der Waals surface area (Å²) in [5.74, 6) is 0.563. The monoisotopic (exact) mass is 166 g/mol. The molecule has 2 heteroatoms. The average Bonchev–Trinajstić information content (AvgIpc) is 2.48. The van der Waals surface area contributed by atoms with Gasteiger partial charge in [-0.25, -0.2) is 0 Å². The molecule has 0 aliphatic rings. The van der Waals surface area contributed by atoms with Gasteiger partial charge in [0.25, 0.3) is 0 Å². The van der Waals surface area contributed by atoms with Gasteiger partial charge in [-0.05, 0) is 24.8 Å². The van der Waals surface area contributed by atoms with E-state index in [9.17, 15) is 0 Å². The summed E-state index contributed by atoms with van der Waals surface area (Å²) in [7, 11) is 0. The molecule has 0 aromatic carbocycles. The van der Waals surface area contributed by atoms with Gasteiger partial charge in [0.2, 0.25) is 0 Å². The zero-order valence-corrected chi connectivity index (χ0v) is 8.22. The van der Waals surface area contributed by atoms with E-state index in [4.69, 9.17) is 0 Å². The Bertz CT molecular complexity index is 225. The fourth-order valence-electron chi connectivity index (χ4n) is 1.16. The van der Waals surface area contributed by atoms with Gasteiger partial charge in [-0.2, -0.15) is 5.10 Å². The molecule has 2 nitrogen and oxygen atoms in total. The predicted octanol–water partition coefficient (Wildman–Crippen LogP) is 2.88. The van der Waals surface area contributed by atoms with Crippen molar-refractivity contribution in [3.05, 3.63) is 17.5 Å². The van der Waals surface area contributed by atoms with Crippen molar-refractivity contribution in [2.24, 2.45) is 0 Å². The molecule has 0 atom stereocenters. The molecule has 0 spiro atoms. The van der Waals surface area contributed by atoms with E-state index in [0.29, 0.717) is 5.92 Å². The van der Waals surface area contributed by atoms with Gasteiger partial charge in [-0.15, -0.1) is 0 Å². The van der Waals surface area contributed by atoms with Crippen molar-refractivity contribution in [2.45, 2.75) is 46.0 Å². The van der Waals surface area contributed by atoms with Gasteiger partial charge in [-0.3, -0.25) is 5.10 Å². The Balaban J connectivity index is 2.52. The van der Waals surface area contributed by atoms with Gasteiger partial charge in [0.05, 0.1) is 5.69 Å². The van der Waals surface area contributed by atoms with Gasteiger partial charge in [0, 0.05) is 5.69 Å². The maximum absolute atomic E-state index is 4.25. The maximum Gasteiger partial charge on any atom is 0.0625 e. The number of aromatic nitrogens is 2. The number of hydrogen-bond acceptors (Lipinski definition) is 1. The van der Waals surface area contributed by atoms with Crippen LogP contribution in [0, 0.1) is 0 Å². The molecule has 0 radical (unpaired) electrons. The maximum atomic E-state index is 4.25. The molecule has 1 N–H and O–H groups in total. The minimum absolute atomic E-state index is 0.563. The lowest BCUT2D eigenvalue weighted by atomic mass is 10.1. The standard InChI is InChI=1S/C10H18N2/c1-4-5-6-9-7-10(8(2)3)12-11-9/h7-8H,4-6H2,1-3H3,(H,11,12). The first-order valence-electron chi connectivity index (χ1n) is 4.78. The molecule has 0 aliphatic heterocycles. The Morgan fingerprint density at radius 2 is 2.25 bits per heavy atom. The van der Waals surface area contributed by atoms with E-state index in [2.05, 4.69) is 37.0 Å². The molecule has 12 heavy (non-hydrogen) atoms. The second kappa shape index (κ2) is 4.29. The van der Waals surface area contributed by atoms with Crippen molar-refractivity contribution in [3.8, 4) is 0 Å². The first-order chi connectivity index (χ1) is 5.74. The summed E-state index contributed by atoms with van der Waals surface area (Å²) < 4.78 is 0. The van der Waals surface area contributed by atoms with E-state index >= 15 is 0 Å². The zero-order valence-electron chi connectivity index (χ0n) is 8.22. The number of aryl methyl sites for hydroxylation is 1. The normalized spacial score (nSPS) is 11.0. The number of rotatable bonds is 4. The number of hydrogen-bond donors (Lipinski definition) is 1. The minimum Gasteiger partial charge on any atom is -0.282 e. The van der Waals surface area contributed by atoms with E-state index in [1.165, 1.54) is 24.2 Å². The van der Waals surface area contributed by atoms with Gasteiger partial charge < -0.3 is 0 Å². The van der Waals surface area contributed by atoms with Crippen LogP contribution in [0.15, 0.2) is 6.07 Å². The molecular formula is C10H18N2. The van der Waals surface area contributed by atoms with Crippen molar-refractivity contribution in [1.82, 2.24) is 10.2 Å². The van der Waals surface area contributed by atoms with Gasteiger partial charge in [0.1, 0.15) is 0 Å². The third-order valence-electron chi connectivity index (χ3n) is 2.06. The second-order valence-electron chi connectivity index (χ2n) is 3.57. The number of nitrogens with zero attached hydrogens (tertiary/aromatic N) is 1. The summed E-state index contributed by atoms with van der Waals surface area (Å²) in [4.78, 5) is 0. The SMILES string of the molecule is CCCCc1cc(C(C)C)[nH]n1. The van der Waals surface area contributed by atoms with Gasteiger partial charge in [0.15, 0.2) is 0 Å². The molecule has 1 heterocycles. The lowest BCUT2D eigenvalue weighted by molar-refractivity contribution is 0.768. The van der Waals surface area contributed by atoms with Crippen LogP contribution in [-0.2, 0) is 6.42 Å². The Labute approximate surface area is 74.4 Å². The zero-order chi connectivity index (χ0) is 8.97. The molecule has 68 valence electrons. The first-order valence-corrected chi connectivity index (χ1v) is 4.78. The molecule has 0 saturated heterocycles. The highest BCUT2D eigenvalue weighted by atomic mass is 15.1. The van der Waals surface area contributed by atoms with E-state index in [1.54, 1.807) is 0 Å². The van der Waals surface area contributed by atoms with Crippen LogP contribution in [0.25, 0.3) is 0 Å². The minimum atomic E-state index is 0.563. The summed E-state index contributed by atoms with van der Waals surface area (Å²) >= 11 is 0. The van der Waals surface area contributed by atoms with E-state index in [-0.39, 0.29) is 0 Å². The predicted molar refractivity (Wildman–Crippen MR) is 51.3 cm³/mol. The molecular weight excluding hydrogens is 148 g/mol. The van der Waals surface area contributed by atoms with Gasteiger partial charge >= 0.3 is 0 Å². The number of H-pyrrole nitrogens is 1. The summed E-state index contributed by atoms with van der Waals surface area (Å²) in [6.07, 6.45) is 3.59. The van der Waals surface area contributed by atoms with Crippen LogP contribution in [-0.4, -0.2) is 10.2 Å². The van der Waals surface area contributed by atoms with Crippen LogP contribution < -0.4 is 0 Å². The van der Waals surface area contributed by atoms with E-state index < -0.39 is 0 Å². The Morgan fingerprint density at radius 1 is 1.50 bits per heavy atom. The topological polar surface area (TPSA) is 28.7 Å². The van der Waals surface area contributed by atoms with Gasteiger partial charge in [-0.1, -0.05) is 27.2 Å². The van der Waals surface area contributed by atoms with Crippen molar-refractivity contribution in [3.63, 3.8) is 0 Å². The molecule has 1 aromatic rings. The highest BCUT2D eigenvalue weighted by molar-refractivity contribution is 5.11. The second-order valence-corrected chi connectivity index (χ2v) is 3.57. The molecule has 0 amide bonds. The highest BCUT2D eigenvalue weighted by Gasteiger charge is 2.03. The van der Waals surface area contributed by atoms with E-state index in [0.717, 1.165) is 6.42 Å². The quantitative estimate of drug-likeness (QED) is 0.732. The fraction of sp³-hybridized carbons (Fsp3) is 0.700. The van der Waals surface area contributed by atoms with Crippen LogP contribution >= 0.6 is 0 Å². The molecule has 1 rings (SSSR count). The lowest BCUT2D eigenvalue weighted by Crippen LogP contribution is -1.85. The number of nitrogens with one attached hydrogen (secondary N) is 1. The third-order valence-corrected chi connectivity index (χ3v) is 2.06. The van der Waals surface area contributed by atoms with Crippen LogP contribution in [0.5, 0.6) is 0 Å². The van der Waals surface area contributed by atoms with Crippen molar-refractivity contribution < 1.29 is 0 Å². The number of unbranched alkanes of at least 4 members (excludes halogenated alkanes) is 1. The van der Waals surface area contributed by atoms with Crippen LogP contribution in [0.1, 0.15) is 50.9 Å². The molecule has 0 saturated carbocycles. The van der Waals surface area contributed by atoms with E-state index in [1.807, 2.05) is 0 Å². The molecule has 0 fully saturated rings. The molecule has 1 aromatic heterocycles. The summed E-state index contributed by atoms with van der Waals surface area (Å²) in [5, 5.41) is 7.31. The van der Waals surface area contributed by atoms with Crippen molar-refractivity contribution in [2.75, 3.05) is 0 Å². The van der Waals surface area contributed by atoms with Crippen LogP contribution in [0.4, 0.5) is 0 Å². The average molecular weight is 166 g/mol. The summed E-state index contributed by atoms with van der Waals surface area (Å²) in [6, 6.07) is 2.18. The first kappa shape index (κ1) is 9.30. The Hall–Kier alpha value is -0.790. The Kier molecular flexibility index (Phi) is 3.32. The van der Waals surface area contributed by atoms with Crippen molar-refractivity contribution in [1.29, 1.82) is 0 Å². The molecule has 0 unspecified atom stereocenters. The fourth-order valence-corrected chi connectivity index (χ4v) is 1.16. The Morgan fingerprint density at radius 3 is 2.75 bits per heavy atom. The van der Waals surface area contributed by atoms with Crippen LogP contribution in [0.2, 0.25) is 0 Å². The smallest absolute Gasteiger partial charge is 0.0625 e. The molecule has 0 bridgehead atoms.